The van der Waals surface area contributed by atoms with Gasteiger partial charge in [-0.05, 0) is 25.3 Å². The van der Waals surface area contributed by atoms with E-state index in [0.717, 1.165) is 32.0 Å². The van der Waals surface area contributed by atoms with Crippen molar-refractivity contribution in [2.75, 3.05) is 26.8 Å². The summed E-state index contributed by atoms with van der Waals surface area (Å²) in [4.78, 5) is 0. The van der Waals surface area contributed by atoms with Gasteiger partial charge in [-0.2, -0.15) is 0 Å². The number of methoxy groups -OCH3 is 1. The Morgan fingerprint density at radius 1 is 1.27 bits per heavy atom. The second kappa shape index (κ2) is 11.7. The van der Waals surface area contributed by atoms with Crippen LogP contribution in [0.4, 0.5) is 0 Å². The number of rotatable bonds is 10. The van der Waals surface area contributed by atoms with E-state index < -0.39 is 0 Å². The molecule has 1 atom stereocenters. The normalized spacial score (nSPS) is 13.5. The average molecular weight is 213 g/mol. The lowest BCUT2D eigenvalue weighted by atomic mass is 10.0. The van der Waals surface area contributed by atoms with Crippen LogP contribution in [-0.4, -0.2) is 26.8 Å². The van der Waals surface area contributed by atoms with E-state index in [2.05, 4.69) is 31.3 Å². The molecule has 0 aromatic heterocycles. The first-order valence-electron chi connectivity index (χ1n) is 6.15. The lowest BCUT2D eigenvalue weighted by Crippen LogP contribution is -2.19. The highest BCUT2D eigenvalue weighted by atomic mass is 16.5. The highest BCUT2D eigenvalue weighted by Crippen LogP contribution is 2.10. The van der Waals surface area contributed by atoms with Crippen molar-refractivity contribution in [2.45, 2.75) is 39.5 Å². The van der Waals surface area contributed by atoms with Crippen LogP contribution >= 0.6 is 0 Å². The lowest BCUT2D eigenvalue weighted by molar-refractivity contribution is 0.199. The fraction of sp³-hybridized carbons (Fsp3) is 0.846. The zero-order valence-electron chi connectivity index (χ0n) is 10.6. The van der Waals surface area contributed by atoms with Crippen LogP contribution in [0.15, 0.2) is 12.2 Å². The molecule has 15 heavy (non-hydrogen) atoms. The predicted octanol–water partition coefficient (Wildman–Crippen LogP) is 3.00. The summed E-state index contributed by atoms with van der Waals surface area (Å²) in [5, 5.41) is 3.32. The van der Waals surface area contributed by atoms with Crippen molar-refractivity contribution in [3.63, 3.8) is 0 Å². The highest BCUT2D eigenvalue weighted by molar-refractivity contribution is 4.83. The first kappa shape index (κ1) is 14.7. The molecule has 0 fully saturated rings. The van der Waals surface area contributed by atoms with Gasteiger partial charge in [0, 0.05) is 13.7 Å². The van der Waals surface area contributed by atoms with Crippen LogP contribution in [0.3, 0.4) is 0 Å². The monoisotopic (exact) mass is 213 g/mol. The molecular formula is C13H27NO. The second-order valence-corrected chi connectivity index (χ2v) is 4.13. The standard InChI is InChI=1S/C13H27NO/c1-4-8-13(2)9-6-5-7-10-14-11-12-15-3/h5-6,13-14H,4,7-12H2,1-3H3. The molecule has 0 heterocycles. The van der Waals surface area contributed by atoms with Gasteiger partial charge in [-0.3, -0.25) is 0 Å². The third-order valence-electron chi connectivity index (χ3n) is 2.46. The molecule has 0 aliphatic carbocycles. The minimum Gasteiger partial charge on any atom is -0.383 e. The molecule has 0 aromatic rings. The molecule has 1 N–H and O–H groups in total. The minimum atomic E-state index is 0.803. The third kappa shape index (κ3) is 11.6. The Hall–Kier alpha value is -0.340. The first-order chi connectivity index (χ1) is 7.31. The van der Waals surface area contributed by atoms with Crippen molar-refractivity contribution >= 4 is 0 Å². The van der Waals surface area contributed by atoms with Gasteiger partial charge in [-0.1, -0.05) is 38.8 Å². The van der Waals surface area contributed by atoms with Crippen LogP contribution in [0, 0.1) is 5.92 Å². The Balaban J connectivity index is 3.16. The van der Waals surface area contributed by atoms with Crippen LogP contribution < -0.4 is 5.32 Å². The van der Waals surface area contributed by atoms with Gasteiger partial charge in [0.2, 0.25) is 0 Å². The van der Waals surface area contributed by atoms with Crippen LogP contribution in [0.5, 0.6) is 0 Å². The molecule has 2 heteroatoms. The molecule has 0 saturated carbocycles. The van der Waals surface area contributed by atoms with Crippen molar-refractivity contribution < 1.29 is 4.74 Å². The zero-order chi connectivity index (χ0) is 11.4. The summed E-state index contributed by atoms with van der Waals surface area (Å²) in [5.41, 5.74) is 0. The highest BCUT2D eigenvalue weighted by Gasteiger charge is 1.95. The van der Waals surface area contributed by atoms with Gasteiger partial charge in [0.15, 0.2) is 0 Å². The molecule has 0 saturated heterocycles. The molecule has 2 nitrogen and oxygen atoms in total. The topological polar surface area (TPSA) is 21.3 Å². The molecule has 0 aliphatic rings. The SMILES string of the molecule is CCCC(C)CC=CCCNCCOC. The van der Waals surface area contributed by atoms with E-state index >= 15 is 0 Å². The molecule has 0 radical (unpaired) electrons. The molecule has 0 aromatic carbocycles. The van der Waals surface area contributed by atoms with Crippen molar-refractivity contribution in [3.05, 3.63) is 12.2 Å². The second-order valence-electron chi connectivity index (χ2n) is 4.13. The quantitative estimate of drug-likeness (QED) is 0.445. The van der Waals surface area contributed by atoms with Gasteiger partial charge in [0.25, 0.3) is 0 Å². The van der Waals surface area contributed by atoms with E-state index in [1.54, 1.807) is 7.11 Å². The minimum absolute atomic E-state index is 0.803. The van der Waals surface area contributed by atoms with Gasteiger partial charge >= 0.3 is 0 Å². The molecule has 0 rings (SSSR count). The maximum Gasteiger partial charge on any atom is 0.0587 e. The number of hydrogen-bond acceptors (Lipinski definition) is 2. The molecule has 0 amide bonds. The van der Waals surface area contributed by atoms with Crippen LogP contribution in [-0.2, 0) is 4.74 Å². The summed E-state index contributed by atoms with van der Waals surface area (Å²) < 4.78 is 4.95. The van der Waals surface area contributed by atoms with Crippen molar-refractivity contribution in [1.29, 1.82) is 0 Å². The van der Waals surface area contributed by atoms with E-state index in [4.69, 9.17) is 4.74 Å². The predicted molar refractivity (Wildman–Crippen MR) is 67.2 cm³/mol. The molecule has 1 unspecified atom stereocenters. The molecule has 0 spiro atoms. The Kier molecular flexibility index (Phi) is 11.5. The Labute approximate surface area is 95.1 Å². The van der Waals surface area contributed by atoms with Crippen LogP contribution in [0.2, 0.25) is 0 Å². The number of ether oxygens (including phenoxy) is 1. The summed E-state index contributed by atoms with van der Waals surface area (Å²) in [5.74, 6) is 0.840. The number of allylic oxidation sites excluding steroid dienone is 1. The van der Waals surface area contributed by atoms with Crippen molar-refractivity contribution in [1.82, 2.24) is 5.32 Å². The Morgan fingerprint density at radius 3 is 2.73 bits per heavy atom. The zero-order valence-corrected chi connectivity index (χ0v) is 10.6. The van der Waals surface area contributed by atoms with Crippen molar-refractivity contribution in [3.8, 4) is 0 Å². The summed E-state index contributed by atoms with van der Waals surface area (Å²) in [6, 6.07) is 0. The summed E-state index contributed by atoms with van der Waals surface area (Å²) in [7, 11) is 1.73. The van der Waals surface area contributed by atoms with Gasteiger partial charge < -0.3 is 10.1 Å². The summed E-state index contributed by atoms with van der Waals surface area (Å²) >= 11 is 0. The van der Waals surface area contributed by atoms with Gasteiger partial charge in [0.1, 0.15) is 0 Å². The molecule has 0 aliphatic heterocycles. The fourth-order valence-corrected chi connectivity index (χ4v) is 1.54. The van der Waals surface area contributed by atoms with E-state index in [-0.39, 0.29) is 0 Å². The maximum absolute atomic E-state index is 4.95. The lowest BCUT2D eigenvalue weighted by Gasteiger charge is -2.05. The van der Waals surface area contributed by atoms with Gasteiger partial charge in [0.05, 0.1) is 6.61 Å². The fourth-order valence-electron chi connectivity index (χ4n) is 1.54. The molecule has 90 valence electrons. The summed E-state index contributed by atoms with van der Waals surface area (Å²) in [6.07, 6.45) is 9.60. The van der Waals surface area contributed by atoms with E-state index in [1.807, 2.05) is 0 Å². The smallest absolute Gasteiger partial charge is 0.0587 e. The molecular weight excluding hydrogens is 186 g/mol. The Bertz CT molecular complexity index is 145. The largest absolute Gasteiger partial charge is 0.383 e. The number of hydrogen-bond donors (Lipinski definition) is 1. The summed E-state index contributed by atoms with van der Waals surface area (Å²) in [6.45, 7) is 7.39. The Morgan fingerprint density at radius 2 is 2.07 bits per heavy atom. The maximum atomic E-state index is 4.95. The third-order valence-corrected chi connectivity index (χ3v) is 2.46. The number of nitrogens with one attached hydrogen (secondary N) is 1. The van der Waals surface area contributed by atoms with Crippen LogP contribution in [0.25, 0.3) is 0 Å². The van der Waals surface area contributed by atoms with Gasteiger partial charge in [-0.25, -0.2) is 0 Å². The molecule has 0 bridgehead atoms. The van der Waals surface area contributed by atoms with E-state index in [9.17, 15) is 0 Å². The van der Waals surface area contributed by atoms with Gasteiger partial charge in [-0.15, -0.1) is 0 Å². The van der Waals surface area contributed by atoms with Crippen molar-refractivity contribution in [2.24, 2.45) is 5.92 Å². The van der Waals surface area contributed by atoms with E-state index in [0.29, 0.717) is 0 Å². The first-order valence-corrected chi connectivity index (χ1v) is 6.15. The van der Waals surface area contributed by atoms with E-state index in [1.165, 1.54) is 19.3 Å². The average Bonchev–Trinajstić information content (AvgIpc) is 2.22. The van der Waals surface area contributed by atoms with Crippen LogP contribution in [0.1, 0.15) is 39.5 Å².